The van der Waals surface area contributed by atoms with Crippen molar-refractivity contribution in [1.82, 2.24) is 0 Å². The highest BCUT2D eigenvalue weighted by Gasteiger charge is 2.21. The quantitative estimate of drug-likeness (QED) is 0.679. The minimum absolute atomic E-state index is 0.0285. The molecule has 4 nitrogen and oxygen atoms in total. The highest BCUT2D eigenvalue weighted by molar-refractivity contribution is 7.20. The van der Waals surface area contributed by atoms with E-state index in [4.69, 9.17) is 4.74 Å². The smallest absolute Gasteiger partial charge is 0.349 e. The molecule has 0 fully saturated rings. The Labute approximate surface area is 150 Å². The maximum Gasteiger partial charge on any atom is 0.349 e. The lowest BCUT2D eigenvalue weighted by molar-refractivity contribution is -0.123. The lowest BCUT2D eigenvalue weighted by Gasteiger charge is -2.13. The largest absolute Gasteiger partial charge is 0.448 e. The molecule has 3 rings (SSSR count). The van der Waals surface area contributed by atoms with E-state index in [1.54, 1.807) is 6.07 Å². The van der Waals surface area contributed by atoms with Crippen molar-refractivity contribution in [3.8, 4) is 0 Å². The summed E-state index contributed by atoms with van der Waals surface area (Å²) in [5.41, 5.74) is 0.0285. The summed E-state index contributed by atoms with van der Waals surface area (Å²) < 4.78 is 45.4. The molecule has 1 heterocycles. The van der Waals surface area contributed by atoms with Crippen LogP contribution in [0.2, 0.25) is 0 Å². The molecular formula is C18H12F3NO3S. The van der Waals surface area contributed by atoms with Crippen molar-refractivity contribution in [3.63, 3.8) is 0 Å². The van der Waals surface area contributed by atoms with Crippen LogP contribution in [0.15, 0.2) is 42.5 Å². The molecule has 0 unspecified atom stereocenters. The van der Waals surface area contributed by atoms with Gasteiger partial charge in [0.05, 0.1) is 0 Å². The zero-order valence-electron chi connectivity index (χ0n) is 13.4. The average molecular weight is 379 g/mol. The van der Waals surface area contributed by atoms with Gasteiger partial charge in [-0.2, -0.15) is 0 Å². The number of rotatable bonds is 4. The molecule has 0 saturated heterocycles. The summed E-state index contributed by atoms with van der Waals surface area (Å²) in [7, 11) is 0. The molecule has 8 heteroatoms. The topological polar surface area (TPSA) is 55.4 Å². The van der Waals surface area contributed by atoms with E-state index in [2.05, 4.69) is 5.32 Å². The first-order valence-electron chi connectivity index (χ1n) is 7.50. The average Bonchev–Trinajstić information content (AvgIpc) is 3.04. The molecule has 1 amide bonds. The second-order valence-corrected chi connectivity index (χ2v) is 6.51. The number of amides is 1. The molecular weight excluding hydrogens is 367 g/mol. The molecule has 0 radical (unpaired) electrons. The van der Waals surface area contributed by atoms with E-state index >= 15 is 0 Å². The van der Waals surface area contributed by atoms with Gasteiger partial charge in [-0.05, 0) is 37.3 Å². The van der Waals surface area contributed by atoms with Crippen LogP contribution in [-0.2, 0) is 9.53 Å². The Hall–Kier alpha value is -2.87. The van der Waals surface area contributed by atoms with Gasteiger partial charge >= 0.3 is 5.97 Å². The molecule has 0 aliphatic heterocycles. The van der Waals surface area contributed by atoms with Gasteiger partial charge in [0.15, 0.2) is 17.7 Å². The fourth-order valence-corrected chi connectivity index (χ4v) is 3.17. The Balaban J connectivity index is 1.68. The molecule has 0 aliphatic carbocycles. The number of halogens is 3. The van der Waals surface area contributed by atoms with Gasteiger partial charge in [0.2, 0.25) is 0 Å². The third-order valence-electron chi connectivity index (χ3n) is 3.55. The number of anilines is 1. The van der Waals surface area contributed by atoms with Crippen molar-refractivity contribution in [2.45, 2.75) is 13.0 Å². The number of esters is 1. The van der Waals surface area contributed by atoms with E-state index < -0.39 is 35.4 Å². The van der Waals surface area contributed by atoms with Crippen LogP contribution in [0.25, 0.3) is 10.1 Å². The molecule has 0 spiro atoms. The number of nitrogens with one attached hydrogen (secondary N) is 1. The van der Waals surface area contributed by atoms with E-state index in [0.717, 1.165) is 23.5 Å². The van der Waals surface area contributed by atoms with Crippen molar-refractivity contribution in [2.24, 2.45) is 0 Å². The number of hydrogen-bond acceptors (Lipinski definition) is 4. The number of hydrogen-bond donors (Lipinski definition) is 1. The number of thiophene rings is 1. The third-order valence-corrected chi connectivity index (χ3v) is 4.63. The van der Waals surface area contributed by atoms with Crippen molar-refractivity contribution >= 4 is 39.0 Å². The minimum Gasteiger partial charge on any atom is -0.448 e. The van der Waals surface area contributed by atoms with E-state index in [0.29, 0.717) is 10.1 Å². The summed E-state index contributed by atoms with van der Waals surface area (Å²) in [4.78, 5) is 24.4. The summed E-state index contributed by atoms with van der Waals surface area (Å²) >= 11 is 1.04. The zero-order chi connectivity index (χ0) is 18.8. The highest BCUT2D eigenvalue weighted by Crippen LogP contribution is 2.28. The van der Waals surface area contributed by atoms with Crippen LogP contribution in [0.5, 0.6) is 0 Å². The zero-order valence-corrected chi connectivity index (χ0v) is 14.2. The summed E-state index contributed by atoms with van der Waals surface area (Å²) in [5, 5.41) is 2.62. The summed E-state index contributed by atoms with van der Waals surface area (Å²) in [6.07, 6.45) is -1.19. The number of carbonyl (C=O) groups excluding carboxylic acids is 2. The van der Waals surface area contributed by atoms with E-state index in [1.165, 1.54) is 31.2 Å². The predicted molar refractivity (Wildman–Crippen MR) is 91.6 cm³/mol. The van der Waals surface area contributed by atoms with Gasteiger partial charge in [0.25, 0.3) is 5.91 Å². The van der Waals surface area contributed by atoms with Gasteiger partial charge in [-0.3, -0.25) is 4.79 Å². The van der Waals surface area contributed by atoms with Gasteiger partial charge < -0.3 is 10.1 Å². The Kier molecular flexibility index (Phi) is 4.94. The second-order valence-electron chi connectivity index (χ2n) is 5.43. The maximum atomic E-state index is 13.7. The number of fused-ring (bicyclic) bond motifs is 1. The molecule has 0 saturated carbocycles. The molecule has 1 aromatic heterocycles. The van der Waals surface area contributed by atoms with Gasteiger partial charge in [-0.25, -0.2) is 18.0 Å². The second kappa shape index (κ2) is 7.17. The van der Waals surface area contributed by atoms with Crippen LogP contribution in [0, 0.1) is 17.5 Å². The monoisotopic (exact) mass is 379 g/mol. The van der Waals surface area contributed by atoms with Crippen molar-refractivity contribution in [2.75, 3.05) is 5.32 Å². The predicted octanol–water partition coefficient (Wildman–Crippen LogP) is 4.50. The Morgan fingerprint density at radius 1 is 1.04 bits per heavy atom. The summed E-state index contributed by atoms with van der Waals surface area (Å²) in [6, 6.07) is 8.70. The van der Waals surface area contributed by atoms with Crippen molar-refractivity contribution < 1.29 is 27.5 Å². The number of benzene rings is 2. The highest BCUT2D eigenvalue weighted by atomic mass is 32.1. The maximum absolute atomic E-state index is 13.7. The SMILES string of the molecule is C[C@H](OC(=O)c1cc2c(F)cccc2s1)C(=O)Nc1ccc(F)c(F)c1. The fourth-order valence-electron chi connectivity index (χ4n) is 2.22. The molecule has 0 aliphatic rings. The number of carbonyl (C=O) groups is 2. The number of ether oxygens (including phenoxy) is 1. The van der Waals surface area contributed by atoms with Gasteiger partial charge in [-0.1, -0.05) is 6.07 Å². The van der Waals surface area contributed by atoms with E-state index in [9.17, 15) is 22.8 Å². The minimum atomic E-state index is -1.19. The first-order valence-corrected chi connectivity index (χ1v) is 8.32. The standard InChI is InChI=1S/C18H12F3NO3S/c1-9(17(23)22-10-5-6-13(20)14(21)7-10)25-18(24)16-8-11-12(19)3-2-4-15(11)26-16/h2-9H,1H3,(H,22,23)/t9-/m0/s1. The van der Waals surface area contributed by atoms with Gasteiger partial charge in [0.1, 0.15) is 10.7 Å². The molecule has 1 atom stereocenters. The van der Waals surface area contributed by atoms with E-state index in [1.807, 2.05) is 0 Å². The molecule has 3 aromatic rings. The Morgan fingerprint density at radius 3 is 2.50 bits per heavy atom. The fraction of sp³-hybridized carbons (Fsp3) is 0.111. The van der Waals surface area contributed by atoms with Crippen LogP contribution in [0.1, 0.15) is 16.6 Å². The Morgan fingerprint density at radius 2 is 1.81 bits per heavy atom. The first-order chi connectivity index (χ1) is 12.3. The molecule has 26 heavy (non-hydrogen) atoms. The van der Waals surface area contributed by atoms with Crippen LogP contribution >= 0.6 is 11.3 Å². The molecule has 2 aromatic carbocycles. The lowest BCUT2D eigenvalue weighted by atomic mass is 10.2. The van der Waals surface area contributed by atoms with Crippen LogP contribution in [0.4, 0.5) is 18.9 Å². The molecule has 0 bridgehead atoms. The first kappa shape index (κ1) is 17.9. The third kappa shape index (κ3) is 3.70. The van der Waals surface area contributed by atoms with Crippen LogP contribution in [0.3, 0.4) is 0 Å². The van der Waals surface area contributed by atoms with Crippen molar-refractivity contribution in [1.29, 1.82) is 0 Å². The van der Waals surface area contributed by atoms with E-state index in [-0.39, 0.29) is 10.6 Å². The molecule has 1 N–H and O–H groups in total. The Bertz CT molecular complexity index is 1000. The molecule has 134 valence electrons. The summed E-state index contributed by atoms with van der Waals surface area (Å²) in [5.74, 6) is -4.10. The lowest BCUT2D eigenvalue weighted by Crippen LogP contribution is -2.29. The van der Waals surface area contributed by atoms with Gasteiger partial charge in [0, 0.05) is 21.8 Å². The van der Waals surface area contributed by atoms with Gasteiger partial charge in [-0.15, -0.1) is 11.3 Å². The summed E-state index contributed by atoms with van der Waals surface area (Å²) in [6.45, 7) is 1.33. The normalized spacial score (nSPS) is 12.0. The van der Waals surface area contributed by atoms with Crippen LogP contribution in [-0.4, -0.2) is 18.0 Å². The van der Waals surface area contributed by atoms with Crippen LogP contribution < -0.4 is 5.32 Å². The van der Waals surface area contributed by atoms with Crippen molar-refractivity contribution in [3.05, 3.63) is 64.8 Å².